The molecule has 0 aliphatic heterocycles. The summed E-state index contributed by atoms with van der Waals surface area (Å²) in [4.78, 5) is 27.3. The lowest BCUT2D eigenvalue weighted by atomic mass is 10.7. The second-order valence-corrected chi connectivity index (χ2v) is 2.34. The van der Waals surface area contributed by atoms with Crippen molar-refractivity contribution in [2.24, 2.45) is 0 Å². The van der Waals surface area contributed by atoms with Gasteiger partial charge in [0, 0.05) is 0 Å². The molecule has 0 fully saturated rings. The van der Waals surface area contributed by atoms with Gasteiger partial charge in [-0.15, -0.1) is 20.2 Å². The Morgan fingerprint density at radius 3 is 1.31 bits per heavy atom. The van der Waals surface area contributed by atoms with E-state index in [9.17, 15) is 20.2 Å². The molecule has 0 saturated heterocycles. The van der Waals surface area contributed by atoms with Crippen molar-refractivity contribution in [3.05, 3.63) is 20.2 Å². The molecule has 10 heteroatoms. The fourth-order valence-electron chi connectivity index (χ4n) is 0.663. The highest BCUT2D eigenvalue weighted by Gasteiger charge is 1.96. The summed E-state index contributed by atoms with van der Waals surface area (Å²) in [6.07, 6.45) is 0. The molecule has 0 aromatic heterocycles. The molecule has 0 bridgehead atoms. The van der Waals surface area contributed by atoms with Crippen LogP contribution in [-0.2, 0) is 19.1 Å². The Morgan fingerprint density at radius 2 is 1.00 bits per heavy atom. The van der Waals surface area contributed by atoms with Crippen molar-refractivity contribution < 1.29 is 29.3 Å². The van der Waals surface area contributed by atoms with Gasteiger partial charge in [-0.2, -0.15) is 0 Å². The zero-order chi connectivity index (χ0) is 12.2. The molecule has 0 amide bonds. The first-order valence-electron chi connectivity index (χ1n) is 4.33. The molecule has 0 unspecified atom stereocenters. The van der Waals surface area contributed by atoms with Gasteiger partial charge in [-0.3, -0.25) is 0 Å². The Morgan fingerprint density at radius 1 is 0.688 bits per heavy atom. The summed E-state index contributed by atoms with van der Waals surface area (Å²) >= 11 is 0. The van der Waals surface area contributed by atoms with Crippen LogP contribution < -0.4 is 0 Å². The van der Waals surface area contributed by atoms with Crippen LogP contribution in [0.25, 0.3) is 0 Å². The monoisotopic (exact) mass is 240 g/mol. The van der Waals surface area contributed by atoms with Gasteiger partial charge >= 0.3 is 0 Å². The molecule has 0 saturated carbocycles. The Bertz CT molecular complexity index is 189. The minimum Gasteiger partial charge on any atom is -0.377 e. The maximum Gasteiger partial charge on any atom is 0.294 e. The molecule has 16 heavy (non-hydrogen) atoms. The van der Waals surface area contributed by atoms with E-state index in [-0.39, 0.29) is 39.6 Å². The van der Waals surface area contributed by atoms with Gasteiger partial charge in [0.2, 0.25) is 0 Å². The Labute approximate surface area is 90.2 Å². The SMILES string of the molecule is O=[N+]([O-])OCCOCCOCCO[N+](=O)[O-]. The van der Waals surface area contributed by atoms with Crippen molar-refractivity contribution in [1.29, 1.82) is 0 Å². The summed E-state index contributed by atoms with van der Waals surface area (Å²) in [6, 6.07) is 0. The number of nitrogens with zero attached hydrogens (tertiary/aromatic N) is 2. The predicted octanol–water partition coefficient (Wildman–Crippen LogP) is -0.564. The Hall–Kier alpha value is -1.68. The van der Waals surface area contributed by atoms with Crippen LogP contribution in [0.1, 0.15) is 0 Å². The third kappa shape index (κ3) is 12.3. The number of ether oxygens (including phenoxy) is 2. The minimum absolute atomic E-state index is 0.0791. The van der Waals surface area contributed by atoms with Crippen molar-refractivity contribution in [2.75, 3.05) is 39.6 Å². The van der Waals surface area contributed by atoms with Crippen LogP contribution in [0.15, 0.2) is 0 Å². The van der Waals surface area contributed by atoms with Crippen LogP contribution in [0.3, 0.4) is 0 Å². The van der Waals surface area contributed by atoms with Gasteiger partial charge in [-0.25, -0.2) is 0 Å². The third-order valence-corrected chi connectivity index (χ3v) is 1.22. The average Bonchev–Trinajstić information content (AvgIpc) is 2.20. The Kier molecular flexibility index (Phi) is 8.82. The van der Waals surface area contributed by atoms with Crippen molar-refractivity contribution in [3.8, 4) is 0 Å². The molecule has 0 aliphatic rings. The third-order valence-electron chi connectivity index (χ3n) is 1.22. The first-order chi connectivity index (χ1) is 7.63. The molecule has 0 N–H and O–H groups in total. The van der Waals surface area contributed by atoms with Crippen LogP contribution >= 0.6 is 0 Å². The van der Waals surface area contributed by atoms with Crippen molar-refractivity contribution in [1.82, 2.24) is 0 Å². The van der Waals surface area contributed by atoms with E-state index in [1.807, 2.05) is 0 Å². The maximum absolute atomic E-state index is 9.70. The zero-order valence-corrected chi connectivity index (χ0v) is 8.40. The maximum atomic E-state index is 9.70. The lowest BCUT2D eigenvalue weighted by Crippen LogP contribution is -2.14. The fourth-order valence-corrected chi connectivity index (χ4v) is 0.663. The van der Waals surface area contributed by atoms with Crippen molar-refractivity contribution >= 4 is 0 Å². The molecule has 0 heterocycles. The standard InChI is InChI=1S/C6H12N2O8/c9-7(10)15-5-3-13-1-2-14-4-6-16-8(11)12/h1-6H2. The van der Waals surface area contributed by atoms with Crippen LogP contribution in [0, 0.1) is 20.2 Å². The van der Waals surface area contributed by atoms with Crippen LogP contribution in [-0.4, -0.2) is 49.8 Å². The van der Waals surface area contributed by atoms with Gasteiger partial charge in [-0.05, 0) is 0 Å². The molecule has 10 nitrogen and oxygen atoms in total. The number of hydrogen-bond donors (Lipinski definition) is 0. The number of hydrogen-bond acceptors (Lipinski definition) is 8. The summed E-state index contributed by atoms with van der Waals surface area (Å²) in [5.41, 5.74) is 0. The molecule has 0 rings (SSSR count). The topological polar surface area (TPSA) is 123 Å². The fraction of sp³-hybridized carbons (Fsp3) is 1.00. The molecule has 94 valence electrons. The van der Waals surface area contributed by atoms with Crippen LogP contribution in [0.2, 0.25) is 0 Å². The second kappa shape index (κ2) is 9.86. The highest BCUT2D eigenvalue weighted by atomic mass is 17.0. The van der Waals surface area contributed by atoms with E-state index in [0.29, 0.717) is 0 Å². The normalized spacial score (nSPS) is 9.75. The predicted molar refractivity (Wildman–Crippen MR) is 47.5 cm³/mol. The van der Waals surface area contributed by atoms with Gasteiger partial charge < -0.3 is 19.1 Å². The van der Waals surface area contributed by atoms with E-state index in [1.165, 1.54) is 0 Å². The van der Waals surface area contributed by atoms with E-state index in [4.69, 9.17) is 9.47 Å². The Balaban J connectivity index is 2.98. The molecule has 0 aromatic carbocycles. The lowest BCUT2D eigenvalue weighted by molar-refractivity contribution is -0.758. The lowest BCUT2D eigenvalue weighted by Gasteiger charge is -2.04. The smallest absolute Gasteiger partial charge is 0.294 e. The molecular formula is C6H12N2O8. The summed E-state index contributed by atoms with van der Waals surface area (Å²) in [7, 11) is 0. The first kappa shape index (κ1) is 14.3. The summed E-state index contributed by atoms with van der Waals surface area (Å²) in [5.74, 6) is 0. The number of rotatable bonds is 11. The van der Waals surface area contributed by atoms with E-state index >= 15 is 0 Å². The highest BCUT2D eigenvalue weighted by Crippen LogP contribution is 1.82. The summed E-state index contributed by atoms with van der Waals surface area (Å²) < 4.78 is 9.77. The summed E-state index contributed by atoms with van der Waals surface area (Å²) in [5, 5.41) is 17.6. The molecule has 0 atom stereocenters. The van der Waals surface area contributed by atoms with Gasteiger partial charge in [0.1, 0.15) is 13.2 Å². The van der Waals surface area contributed by atoms with E-state index in [0.717, 1.165) is 0 Å². The van der Waals surface area contributed by atoms with Crippen molar-refractivity contribution in [3.63, 3.8) is 0 Å². The molecule has 0 aliphatic carbocycles. The zero-order valence-electron chi connectivity index (χ0n) is 8.40. The van der Waals surface area contributed by atoms with E-state index < -0.39 is 10.2 Å². The van der Waals surface area contributed by atoms with E-state index in [1.54, 1.807) is 0 Å². The van der Waals surface area contributed by atoms with E-state index in [2.05, 4.69) is 9.68 Å². The van der Waals surface area contributed by atoms with Gasteiger partial charge in [0.25, 0.3) is 10.2 Å². The van der Waals surface area contributed by atoms with Gasteiger partial charge in [0.05, 0.1) is 26.4 Å². The first-order valence-corrected chi connectivity index (χ1v) is 4.33. The van der Waals surface area contributed by atoms with Gasteiger partial charge in [0.15, 0.2) is 0 Å². The van der Waals surface area contributed by atoms with Crippen molar-refractivity contribution in [2.45, 2.75) is 0 Å². The van der Waals surface area contributed by atoms with Crippen LogP contribution in [0.4, 0.5) is 0 Å². The van der Waals surface area contributed by atoms with Gasteiger partial charge in [-0.1, -0.05) is 0 Å². The molecule has 0 spiro atoms. The largest absolute Gasteiger partial charge is 0.377 e. The molecule has 0 radical (unpaired) electrons. The van der Waals surface area contributed by atoms with Crippen LogP contribution in [0.5, 0.6) is 0 Å². The summed E-state index contributed by atoms with van der Waals surface area (Å²) in [6.45, 7) is 0.319. The average molecular weight is 240 g/mol. The molecule has 0 aromatic rings. The minimum atomic E-state index is -0.908. The highest BCUT2D eigenvalue weighted by molar-refractivity contribution is 4.31. The second-order valence-electron chi connectivity index (χ2n) is 2.34. The quantitative estimate of drug-likeness (QED) is 0.267. The molecular weight excluding hydrogens is 228 g/mol.